The molecule has 1 aliphatic heterocycles. The van der Waals surface area contributed by atoms with Crippen molar-refractivity contribution in [2.45, 2.75) is 32.8 Å². The minimum absolute atomic E-state index is 0.352. The first-order valence-electron chi connectivity index (χ1n) is 6.74. The van der Waals surface area contributed by atoms with E-state index < -0.39 is 0 Å². The van der Waals surface area contributed by atoms with Crippen molar-refractivity contribution < 1.29 is 4.74 Å². The fourth-order valence-corrected chi connectivity index (χ4v) is 2.66. The molecule has 104 valence electrons. The molecule has 2 heterocycles. The smallest absolute Gasteiger partial charge is 0.136 e. The summed E-state index contributed by atoms with van der Waals surface area (Å²) >= 11 is 5.06. The fraction of sp³-hybridized carbons (Fsp3) is 0.571. The van der Waals surface area contributed by atoms with Gasteiger partial charge in [0.05, 0.1) is 11.7 Å². The fourth-order valence-electron chi connectivity index (χ4n) is 2.50. The largest absolute Gasteiger partial charge is 0.389 e. The lowest BCUT2D eigenvalue weighted by molar-refractivity contribution is 0.0900. The predicted molar refractivity (Wildman–Crippen MR) is 81.5 cm³/mol. The molecule has 0 amide bonds. The molecule has 0 aliphatic carbocycles. The molecular weight excluding hydrogens is 258 g/mol. The second kappa shape index (κ2) is 6.30. The van der Waals surface area contributed by atoms with Crippen molar-refractivity contribution in [3.05, 3.63) is 23.4 Å². The van der Waals surface area contributed by atoms with Gasteiger partial charge in [0, 0.05) is 24.8 Å². The summed E-state index contributed by atoms with van der Waals surface area (Å²) in [6.45, 7) is 5.83. The van der Waals surface area contributed by atoms with Gasteiger partial charge in [0.1, 0.15) is 10.8 Å². The number of hydrogen-bond acceptors (Lipinski definition) is 4. The number of hydrogen-bond donors (Lipinski definition) is 2. The van der Waals surface area contributed by atoms with E-state index in [1.54, 1.807) is 0 Å². The van der Waals surface area contributed by atoms with Crippen molar-refractivity contribution in [2.24, 2.45) is 11.7 Å². The average molecular weight is 279 g/mol. The van der Waals surface area contributed by atoms with Crippen LogP contribution in [0.1, 0.15) is 31.0 Å². The van der Waals surface area contributed by atoms with Gasteiger partial charge in [-0.2, -0.15) is 0 Å². The highest BCUT2D eigenvalue weighted by atomic mass is 32.1. The number of pyridine rings is 1. The number of thiocarbonyl (C=S) groups is 1. The quantitative estimate of drug-likeness (QED) is 0.810. The Morgan fingerprint density at radius 2 is 2.37 bits per heavy atom. The van der Waals surface area contributed by atoms with Crippen LogP contribution in [0.3, 0.4) is 0 Å². The summed E-state index contributed by atoms with van der Waals surface area (Å²) in [6.07, 6.45) is 2.50. The van der Waals surface area contributed by atoms with E-state index in [2.05, 4.69) is 17.2 Å². The summed E-state index contributed by atoms with van der Waals surface area (Å²) in [5.74, 6) is 1.32. The number of nitrogens with zero attached hydrogens (tertiary/aromatic N) is 1. The van der Waals surface area contributed by atoms with Crippen LogP contribution in [0.4, 0.5) is 5.82 Å². The van der Waals surface area contributed by atoms with Gasteiger partial charge in [0.25, 0.3) is 0 Å². The van der Waals surface area contributed by atoms with E-state index in [9.17, 15) is 0 Å². The maximum absolute atomic E-state index is 5.73. The van der Waals surface area contributed by atoms with Gasteiger partial charge >= 0.3 is 0 Å². The maximum Gasteiger partial charge on any atom is 0.136 e. The number of rotatable bonds is 5. The molecule has 5 heteroatoms. The van der Waals surface area contributed by atoms with Crippen LogP contribution < -0.4 is 11.1 Å². The molecule has 19 heavy (non-hydrogen) atoms. The number of anilines is 1. The summed E-state index contributed by atoms with van der Waals surface area (Å²) < 4.78 is 5.69. The lowest BCUT2D eigenvalue weighted by Gasteiger charge is -2.18. The van der Waals surface area contributed by atoms with E-state index >= 15 is 0 Å². The number of nitrogens with two attached hydrogens (primary N) is 1. The number of aryl methyl sites for hydroxylation is 1. The van der Waals surface area contributed by atoms with Crippen LogP contribution in [0, 0.1) is 12.8 Å². The normalized spacial score (nSPS) is 22.4. The third-order valence-corrected chi connectivity index (χ3v) is 3.80. The Morgan fingerprint density at radius 1 is 1.58 bits per heavy atom. The molecule has 2 atom stereocenters. The molecule has 0 saturated carbocycles. The van der Waals surface area contributed by atoms with Crippen LogP contribution in [0.15, 0.2) is 12.1 Å². The van der Waals surface area contributed by atoms with E-state index in [1.807, 2.05) is 19.1 Å². The number of nitrogens with one attached hydrogen (secondary N) is 1. The van der Waals surface area contributed by atoms with E-state index in [4.69, 9.17) is 22.7 Å². The molecule has 1 aromatic heterocycles. The van der Waals surface area contributed by atoms with Crippen LogP contribution in [0.5, 0.6) is 0 Å². The van der Waals surface area contributed by atoms with Crippen molar-refractivity contribution in [1.29, 1.82) is 0 Å². The summed E-state index contributed by atoms with van der Waals surface area (Å²) in [7, 11) is 0. The zero-order chi connectivity index (χ0) is 13.8. The van der Waals surface area contributed by atoms with Crippen molar-refractivity contribution >= 4 is 23.0 Å². The van der Waals surface area contributed by atoms with Crippen molar-refractivity contribution in [3.8, 4) is 0 Å². The molecule has 2 rings (SSSR count). The monoisotopic (exact) mass is 279 g/mol. The Morgan fingerprint density at radius 3 is 3.05 bits per heavy atom. The van der Waals surface area contributed by atoms with Crippen molar-refractivity contribution in [1.82, 2.24) is 4.98 Å². The highest BCUT2D eigenvalue weighted by Crippen LogP contribution is 2.24. The summed E-state index contributed by atoms with van der Waals surface area (Å²) in [6, 6.07) is 3.85. The first-order valence-corrected chi connectivity index (χ1v) is 7.15. The van der Waals surface area contributed by atoms with E-state index in [1.165, 1.54) is 0 Å². The zero-order valence-corrected chi connectivity index (χ0v) is 12.3. The Bertz CT molecular complexity index is 464. The Kier molecular flexibility index (Phi) is 4.71. The molecule has 4 nitrogen and oxygen atoms in total. The van der Waals surface area contributed by atoms with Crippen LogP contribution in [0.25, 0.3) is 0 Å². The minimum Gasteiger partial charge on any atom is -0.389 e. The lowest BCUT2D eigenvalue weighted by atomic mass is 9.99. The molecule has 0 spiro atoms. The second-order valence-electron chi connectivity index (χ2n) is 4.96. The average Bonchev–Trinajstić information content (AvgIpc) is 2.83. The molecule has 1 fully saturated rings. The summed E-state index contributed by atoms with van der Waals surface area (Å²) in [5.41, 5.74) is 7.50. The molecule has 3 N–H and O–H groups in total. The number of aromatic nitrogens is 1. The van der Waals surface area contributed by atoms with Gasteiger partial charge in [-0.15, -0.1) is 0 Å². The third kappa shape index (κ3) is 3.42. The Hall–Kier alpha value is -1.20. The van der Waals surface area contributed by atoms with Gasteiger partial charge in [0.15, 0.2) is 0 Å². The standard InChI is InChI=1S/C14H21N3OS/c1-3-12-10(6-7-18-12)8-16-14-11(13(15)19)5-4-9(2)17-14/h4-5,10,12H,3,6-8H2,1-2H3,(H2,15,19)(H,16,17). The molecule has 0 aromatic carbocycles. The molecule has 1 saturated heterocycles. The SMILES string of the molecule is CCC1OCCC1CNc1nc(C)ccc1C(N)=S. The lowest BCUT2D eigenvalue weighted by Crippen LogP contribution is -2.24. The minimum atomic E-state index is 0.352. The predicted octanol–water partition coefficient (Wildman–Crippen LogP) is 2.25. The van der Waals surface area contributed by atoms with E-state index in [0.717, 1.165) is 43.1 Å². The highest BCUT2D eigenvalue weighted by molar-refractivity contribution is 7.80. The van der Waals surface area contributed by atoms with Crippen LogP contribution in [-0.2, 0) is 4.74 Å². The van der Waals surface area contributed by atoms with Gasteiger partial charge in [-0.1, -0.05) is 19.1 Å². The molecular formula is C14H21N3OS. The molecule has 0 bridgehead atoms. The van der Waals surface area contributed by atoms with Gasteiger partial charge in [0.2, 0.25) is 0 Å². The molecule has 0 radical (unpaired) electrons. The molecule has 2 unspecified atom stereocenters. The van der Waals surface area contributed by atoms with Gasteiger partial charge in [-0.25, -0.2) is 4.98 Å². The van der Waals surface area contributed by atoms with Gasteiger partial charge < -0.3 is 15.8 Å². The molecule has 1 aromatic rings. The van der Waals surface area contributed by atoms with Gasteiger partial charge in [-0.3, -0.25) is 0 Å². The van der Waals surface area contributed by atoms with Crippen molar-refractivity contribution in [3.63, 3.8) is 0 Å². The zero-order valence-electron chi connectivity index (χ0n) is 11.5. The van der Waals surface area contributed by atoms with Crippen LogP contribution in [0.2, 0.25) is 0 Å². The maximum atomic E-state index is 5.73. The van der Waals surface area contributed by atoms with E-state index in [-0.39, 0.29) is 0 Å². The van der Waals surface area contributed by atoms with Gasteiger partial charge in [-0.05, 0) is 31.9 Å². The number of ether oxygens (including phenoxy) is 1. The molecule has 1 aliphatic rings. The topological polar surface area (TPSA) is 60.2 Å². The summed E-state index contributed by atoms with van der Waals surface area (Å²) in [4.78, 5) is 4.87. The third-order valence-electron chi connectivity index (χ3n) is 3.58. The summed E-state index contributed by atoms with van der Waals surface area (Å²) in [5, 5.41) is 3.38. The Balaban J connectivity index is 2.06. The Labute approximate surface area is 119 Å². The second-order valence-corrected chi connectivity index (χ2v) is 5.40. The van der Waals surface area contributed by atoms with E-state index in [0.29, 0.717) is 17.0 Å². The van der Waals surface area contributed by atoms with Crippen LogP contribution in [-0.4, -0.2) is 29.2 Å². The van der Waals surface area contributed by atoms with Crippen LogP contribution >= 0.6 is 12.2 Å². The first kappa shape index (κ1) is 14.2. The first-order chi connectivity index (χ1) is 9.11. The van der Waals surface area contributed by atoms with Crippen molar-refractivity contribution in [2.75, 3.05) is 18.5 Å². The highest BCUT2D eigenvalue weighted by Gasteiger charge is 2.26.